The van der Waals surface area contributed by atoms with Crippen LogP contribution in [0.3, 0.4) is 0 Å². The molecule has 0 aromatic carbocycles. The highest BCUT2D eigenvalue weighted by Crippen LogP contribution is 2.64. The smallest absolute Gasteiger partial charge is 0.408 e. The van der Waals surface area contributed by atoms with Gasteiger partial charge in [0.2, 0.25) is 17.6 Å². The van der Waals surface area contributed by atoms with Crippen molar-refractivity contribution in [2.24, 2.45) is 23.0 Å². The zero-order valence-electron chi connectivity index (χ0n) is 24.8. The molecule has 40 heavy (non-hydrogen) atoms. The first kappa shape index (κ1) is 33.0. The summed E-state index contributed by atoms with van der Waals surface area (Å²) in [6.07, 6.45) is 7.82. The highest BCUT2D eigenvalue weighted by molar-refractivity contribution is 6.37. The lowest BCUT2D eigenvalue weighted by Gasteiger charge is -2.34. The molecule has 4 N–H and O–H groups in total. The second kappa shape index (κ2) is 13.9. The van der Waals surface area contributed by atoms with E-state index in [1.165, 1.54) is 4.90 Å². The van der Waals surface area contributed by atoms with Gasteiger partial charge in [-0.25, -0.2) is 4.79 Å². The van der Waals surface area contributed by atoms with Crippen LogP contribution in [-0.2, 0) is 23.9 Å². The van der Waals surface area contributed by atoms with Crippen LogP contribution < -0.4 is 16.4 Å². The summed E-state index contributed by atoms with van der Waals surface area (Å²) in [6.45, 7) is 17.1. The number of allylic oxidation sites excluding steroid dienone is 2. The molecule has 0 radical (unpaired) electrons. The maximum Gasteiger partial charge on any atom is 0.408 e. The van der Waals surface area contributed by atoms with Gasteiger partial charge in [-0.1, -0.05) is 38.8 Å². The van der Waals surface area contributed by atoms with E-state index in [4.69, 9.17) is 10.5 Å². The molecule has 1 saturated carbocycles. The molecule has 1 saturated heterocycles. The molecule has 2 aliphatic rings. The van der Waals surface area contributed by atoms with Gasteiger partial charge in [-0.2, -0.15) is 0 Å². The fourth-order valence-corrected chi connectivity index (χ4v) is 5.69. The number of fused-ring (bicyclic) bond motifs is 1. The van der Waals surface area contributed by atoms with E-state index in [1.807, 2.05) is 0 Å². The second-order valence-electron chi connectivity index (χ2n) is 12.5. The number of alkyl carbamates (subject to hydrolysis) is 1. The summed E-state index contributed by atoms with van der Waals surface area (Å²) >= 11 is 0. The molecule has 5 atom stereocenters. The van der Waals surface area contributed by atoms with Crippen molar-refractivity contribution in [2.75, 3.05) is 6.54 Å². The Balaban J connectivity index is 2.26. The number of ketones is 1. The topological polar surface area (TPSA) is 148 Å². The number of unbranched alkanes of at least 4 members (excludes halogenated alkanes) is 4. The zero-order valence-corrected chi connectivity index (χ0v) is 24.8. The maximum absolute atomic E-state index is 13.9. The Hall–Kier alpha value is -3.17. The van der Waals surface area contributed by atoms with E-state index in [-0.39, 0.29) is 29.6 Å². The largest absolute Gasteiger partial charge is 0.444 e. The molecule has 10 nitrogen and oxygen atoms in total. The number of hydrogen-bond donors (Lipinski definition) is 3. The number of Topliss-reactive ketones (excluding diaryl/α,β-unsaturated/α-hetero) is 1. The quantitative estimate of drug-likeness (QED) is 0.150. The summed E-state index contributed by atoms with van der Waals surface area (Å²) in [5.74, 6) is -2.83. The van der Waals surface area contributed by atoms with Crippen LogP contribution in [0.4, 0.5) is 4.79 Å². The molecule has 1 aliphatic carbocycles. The van der Waals surface area contributed by atoms with E-state index in [9.17, 15) is 24.0 Å². The van der Waals surface area contributed by atoms with Crippen LogP contribution in [0.2, 0.25) is 0 Å². The minimum absolute atomic E-state index is 0.105. The van der Waals surface area contributed by atoms with Crippen molar-refractivity contribution in [1.29, 1.82) is 0 Å². The Kier molecular flexibility index (Phi) is 11.5. The van der Waals surface area contributed by atoms with Crippen molar-refractivity contribution < 1.29 is 28.7 Å². The van der Waals surface area contributed by atoms with E-state index in [1.54, 1.807) is 32.9 Å². The normalized spacial score (nSPS) is 22.3. The zero-order chi connectivity index (χ0) is 30.3. The van der Waals surface area contributed by atoms with Gasteiger partial charge >= 0.3 is 6.09 Å². The third-order valence-electron chi connectivity index (χ3n) is 7.93. The SMILES string of the molecule is C=CCCCC[C@H](NC(=O)[C@@H]1[C@H]2[C@@H](CN1C(=O)[C@H](CCCCC=C)NC(=O)OC(C)(C)C)C2(C)C)C(=O)C(N)=O. The molecule has 2 fully saturated rings. The van der Waals surface area contributed by atoms with Crippen LogP contribution in [0, 0.1) is 17.3 Å². The van der Waals surface area contributed by atoms with Crippen molar-refractivity contribution in [1.82, 2.24) is 15.5 Å². The highest BCUT2D eigenvalue weighted by Gasteiger charge is 2.69. The van der Waals surface area contributed by atoms with Crippen molar-refractivity contribution >= 4 is 29.6 Å². The third-order valence-corrected chi connectivity index (χ3v) is 7.93. The van der Waals surface area contributed by atoms with Gasteiger partial charge in [0.15, 0.2) is 0 Å². The molecular formula is C30H48N4O6. The molecule has 0 bridgehead atoms. The number of nitrogens with zero attached hydrogens (tertiary/aromatic N) is 1. The Morgan fingerprint density at radius 1 is 0.975 bits per heavy atom. The number of ether oxygens (including phenoxy) is 1. The number of likely N-dealkylation sites (tertiary alicyclic amines) is 1. The molecule has 10 heteroatoms. The molecule has 4 amide bonds. The number of carbonyl (C=O) groups excluding carboxylic acids is 5. The Morgan fingerprint density at radius 2 is 1.52 bits per heavy atom. The van der Waals surface area contributed by atoms with Crippen LogP contribution in [-0.4, -0.2) is 64.8 Å². The first-order valence-corrected chi connectivity index (χ1v) is 14.3. The van der Waals surface area contributed by atoms with Crippen molar-refractivity contribution in [3.05, 3.63) is 25.3 Å². The number of carbonyl (C=O) groups is 5. The molecule has 0 aromatic heterocycles. The average molecular weight is 561 g/mol. The van der Waals surface area contributed by atoms with Gasteiger partial charge in [-0.15, -0.1) is 13.2 Å². The summed E-state index contributed by atoms with van der Waals surface area (Å²) in [4.78, 5) is 66.0. The van der Waals surface area contributed by atoms with E-state index < -0.39 is 47.4 Å². The monoisotopic (exact) mass is 560 g/mol. The first-order valence-electron chi connectivity index (χ1n) is 14.3. The molecule has 0 spiro atoms. The molecular weight excluding hydrogens is 512 g/mol. The van der Waals surface area contributed by atoms with Gasteiger partial charge in [0.05, 0.1) is 6.04 Å². The van der Waals surface area contributed by atoms with Crippen LogP contribution >= 0.6 is 0 Å². The van der Waals surface area contributed by atoms with Crippen LogP contribution in [0.5, 0.6) is 0 Å². The predicted molar refractivity (Wildman–Crippen MR) is 153 cm³/mol. The third kappa shape index (κ3) is 8.66. The number of amides is 4. The lowest BCUT2D eigenvalue weighted by Crippen LogP contribution is -2.58. The Bertz CT molecular complexity index is 985. The summed E-state index contributed by atoms with van der Waals surface area (Å²) in [5, 5.41) is 5.45. The number of primary amides is 1. The Morgan fingerprint density at radius 3 is 2.02 bits per heavy atom. The number of nitrogens with two attached hydrogens (primary N) is 1. The summed E-state index contributed by atoms with van der Waals surface area (Å²) in [5.41, 5.74) is 4.37. The van der Waals surface area contributed by atoms with E-state index in [0.29, 0.717) is 25.8 Å². The van der Waals surface area contributed by atoms with Gasteiger partial charge in [-0.05, 0) is 76.5 Å². The van der Waals surface area contributed by atoms with E-state index in [0.717, 1.165) is 25.7 Å². The van der Waals surface area contributed by atoms with Crippen molar-refractivity contribution in [3.8, 4) is 0 Å². The molecule has 0 aromatic rings. The summed E-state index contributed by atoms with van der Waals surface area (Å²) in [6, 6.07) is -2.78. The second-order valence-corrected chi connectivity index (χ2v) is 12.5. The highest BCUT2D eigenvalue weighted by atomic mass is 16.6. The van der Waals surface area contributed by atoms with Crippen molar-refractivity contribution in [3.63, 3.8) is 0 Å². The first-order chi connectivity index (χ1) is 18.7. The molecule has 2 rings (SSSR count). The summed E-state index contributed by atoms with van der Waals surface area (Å²) < 4.78 is 5.40. The number of piperidine rings is 1. The Labute approximate surface area is 238 Å². The van der Waals surface area contributed by atoms with Crippen LogP contribution in [0.15, 0.2) is 25.3 Å². The van der Waals surface area contributed by atoms with E-state index in [2.05, 4.69) is 37.6 Å². The van der Waals surface area contributed by atoms with Gasteiger partial charge in [0.25, 0.3) is 5.91 Å². The maximum atomic E-state index is 13.9. The standard InChI is InChI=1S/C30H48N4O6/c1-8-10-12-14-16-20(24(35)25(31)36)32-26(37)23-22-19(30(22,6)7)18-34(23)27(38)21(17-15-13-11-9-2)33-28(39)40-29(3,4)5/h8-9,19-23H,1-2,10-18H2,3-7H3,(H2,31,36)(H,32,37)(H,33,39)/t19-,20+,21+,22-,23+/m1/s1. The molecule has 1 heterocycles. The predicted octanol–water partition coefficient (Wildman–Crippen LogP) is 3.39. The van der Waals surface area contributed by atoms with Gasteiger partial charge in [0.1, 0.15) is 17.7 Å². The lowest BCUT2D eigenvalue weighted by molar-refractivity contribution is -0.143. The van der Waals surface area contributed by atoms with Gasteiger partial charge in [0, 0.05) is 6.54 Å². The van der Waals surface area contributed by atoms with Crippen LogP contribution in [0.1, 0.15) is 86.0 Å². The minimum Gasteiger partial charge on any atom is -0.444 e. The average Bonchev–Trinajstić information content (AvgIpc) is 3.18. The van der Waals surface area contributed by atoms with Gasteiger partial charge in [-0.3, -0.25) is 19.2 Å². The van der Waals surface area contributed by atoms with Gasteiger partial charge < -0.3 is 26.0 Å². The molecule has 224 valence electrons. The number of nitrogens with one attached hydrogen (secondary N) is 2. The number of rotatable bonds is 16. The fraction of sp³-hybridized carbons (Fsp3) is 0.700. The lowest BCUT2D eigenvalue weighted by atomic mass is 9.97. The molecule has 0 unspecified atom stereocenters. The summed E-state index contributed by atoms with van der Waals surface area (Å²) in [7, 11) is 0. The van der Waals surface area contributed by atoms with Crippen molar-refractivity contribution in [2.45, 2.75) is 110 Å². The number of hydrogen-bond acceptors (Lipinski definition) is 6. The van der Waals surface area contributed by atoms with E-state index >= 15 is 0 Å². The minimum atomic E-state index is -1.11. The fourth-order valence-electron chi connectivity index (χ4n) is 5.69. The molecule has 1 aliphatic heterocycles. The van der Waals surface area contributed by atoms with Crippen LogP contribution in [0.25, 0.3) is 0 Å².